The predicted molar refractivity (Wildman–Crippen MR) is 77.9 cm³/mol. The lowest BCUT2D eigenvalue weighted by Crippen LogP contribution is -2.09. The Morgan fingerprint density at radius 3 is 2.50 bits per heavy atom. The number of aliphatic hydroxyl groups is 1. The molecule has 1 aromatic heterocycles. The summed E-state index contributed by atoms with van der Waals surface area (Å²) in [6.07, 6.45) is 3.21. The molecule has 0 amide bonds. The molecule has 1 N–H and O–H groups in total. The highest BCUT2D eigenvalue weighted by Crippen LogP contribution is 2.36. The van der Waals surface area contributed by atoms with Gasteiger partial charge in [-0.3, -0.25) is 0 Å². The number of hydrogen-bond acceptors (Lipinski definition) is 3. The lowest BCUT2D eigenvalue weighted by atomic mass is 9.80. The third-order valence-corrected chi connectivity index (χ3v) is 4.06. The van der Waals surface area contributed by atoms with Crippen molar-refractivity contribution in [3.63, 3.8) is 0 Å². The molecule has 3 nitrogen and oxygen atoms in total. The average molecular weight is 269 g/mol. The molecule has 1 heterocycles. The van der Waals surface area contributed by atoms with Crippen LogP contribution in [0, 0.1) is 0 Å². The van der Waals surface area contributed by atoms with Crippen LogP contribution in [0.15, 0.2) is 42.5 Å². The average Bonchev–Trinajstić information content (AvgIpc) is 2.45. The highest BCUT2D eigenvalue weighted by atomic mass is 16.5. The molecule has 3 heteroatoms. The van der Waals surface area contributed by atoms with Crippen molar-refractivity contribution in [1.82, 2.24) is 4.98 Å². The zero-order valence-electron chi connectivity index (χ0n) is 11.6. The number of hydrogen-bond donors (Lipinski definition) is 1. The second-order valence-electron chi connectivity index (χ2n) is 5.30. The van der Waals surface area contributed by atoms with Gasteiger partial charge in [0, 0.05) is 6.07 Å². The fourth-order valence-corrected chi connectivity index (χ4v) is 2.56. The molecule has 0 saturated heterocycles. The molecule has 1 saturated carbocycles. The Morgan fingerprint density at radius 1 is 1.15 bits per heavy atom. The molecule has 2 aromatic rings. The second kappa shape index (κ2) is 5.63. The third kappa shape index (κ3) is 2.54. The molecular weight excluding hydrogens is 250 g/mol. The highest BCUT2D eigenvalue weighted by Gasteiger charge is 2.20. The number of nitrogens with zero attached hydrogens (tertiary/aromatic N) is 1. The van der Waals surface area contributed by atoms with E-state index in [0.29, 0.717) is 11.6 Å². The van der Waals surface area contributed by atoms with E-state index in [4.69, 9.17) is 4.74 Å². The molecule has 0 aliphatic heterocycles. The SMILES string of the molecule is COc1cccc(C(O)c2ccc(C3CCC3)cc2)n1. The number of ether oxygens (including phenoxy) is 1. The molecule has 3 rings (SSSR count). The molecule has 1 atom stereocenters. The summed E-state index contributed by atoms with van der Waals surface area (Å²) in [7, 11) is 1.58. The van der Waals surface area contributed by atoms with Gasteiger partial charge in [0.05, 0.1) is 12.8 Å². The highest BCUT2D eigenvalue weighted by molar-refractivity contribution is 5.32. The molecule has 1 unspecified atom stereocenters. The first-order valence-electron chi connectivity index (χ1n) is 7.07. The van der Waals surface area contributed by atoms with Gasteiger partial charge in [0.25, 0.3) is 0 Å². The lowest BCUT2D eigenvalue weighted by molar-refractivity contribution is 0.213. The molecule has 0 bridgehead atoms. The van der Waals surface area contributed by atoms with Crippen molar-refractivity contribution in [2.45, 2.75) is 31.3 Å². The molecule has 0 radical (unpaired) electrons. The van der Waals surface area contributed by atoms with Gasteiger partial charge in [0.15, 0.2) is 0 Å². The Labute approximate surface area is 119 Å². The number of aromatic nitrogens is 1. The fraction of sp³-hybridized carbons (Fsp3) is 0.353. The van der Waals surface area contributed by atoms with Crippen LogP contribution < -0.4 is 4.74 Å². The van der Waals surface area contributed by atoms with Gasteiger partial charge in [-0.05, 0) is 36.0 Å². The van der Waals surface area contributed by atoms with Gasteiger partial charge in [-0.2, -0.15) is 0 Å². The summed E-state index contributed by atoms with van der Waals surface area (Å²) in [5, 5.41) is 10.4. The van der Waals surface area contributed by atoms with Crippen molar-refractivity contribution in [3.05, 3.63) is 59.3 Å². The summed E-state index contributed by atoms with van der Waals surface area (Å²) in [5.41, 5.74) is 2.86. The Morgan fingerprint density at radius 2 is 1.90 bits per heavy atom. The topological polar surface area (TPSA) is 42.4 Å². The molecule has 1 fully saturated rings. The van der Waals surface area contributed by atoms with Crippen molar-refractivity contribution in [2.24, 2.45) is 0 Å². The van der Waals surface area contributed by atoms with E-state index in [1.54, 1.807) is 13.2 Å². The first-order chi connectivity index (χ1) is 9.78. The van der Waals surface area contributed by atoms with Crippen LogP contribution in [-0.4, -0.2) is 17.2 Å². The summed E-state index contributed by atoms with van der Waals surface area (Å²) in [4.78, 5) is 4.28. The van der Waals surface area contributed by atoms with Crippen LogP contribution in [0.5, 0.6) is 5.88 Å². The van der Waals surface area contributed by atoms with E-state index in [-0.39, 0.29) is 0 Å². The maximum atomic E-state index is 10.4. The van der Waals surface area contributed by atoms with E-state index < -0.39 is 6.10 Å². The Bertz CT molecular complexity index is 576. The maximum absolute atomic E-state index is 10.4. The zero-order chi connectivity index (χ0) is 13.9. The van der Waals surface area contributed by atoms with Gasteiger partial charge >= 0.3 is 0 Å². The van der Waals surface area contributed by atoms with E-state index in [2.05, 4.69) is 17.1 Å². The molecule has 1 aliphatic rings. The Balaban J connectivity index is 1.80. The van der Waals surface area contributed by atoms with Crippen LogP contribution in [0.4, 0.5) is 0 Å². The molecule has 1 aliphatic carbocycles. The van der Waals surface area contributed by atoms with Gasteiger partial charge in [0.1, 0.15) is 6.10 Å². The number of pyridine rings is 1. The molecular formula is C17H19NO2. The van der Waals surface area contributed by atoms with Crippen molar-refractivity contribution in [3.8, 4) is 5.88 Å². The first kappa shape index (κ1) is 13.1. The minimum Gasteiger partial charge on any atom is -0.481 e. The largest absolute Gasteiger partial charge is 0.481 e. The predicted octanol–water partition coefficient (Wildman–Crippen LogP) is 3.44. The summed E-state index contributed by atoms with van der Waals surface area (Å²) in [6, 6.07) is 13.7. The monoisotopic (exact) mass is 269 g/mol. The van der Waals surface area contributed by atoms with E-state index in [1.165, 1.54) is 24.8 Å². The van der Waals surface area contributed by atoms with Gasteiger partial charge < -0.3 is 9.84 Å². The number of benzene rings is 1. The molecule has 0 spiro atoms. The van der Waals surface area contributed by atoms with Crippen molar-refractivity contribution < 1.29 is 9.84 Å². The summed E-state index contributed by atoms with van der Waals surface area (Å²) in [6.45, 7) is 0. The van der Waals surface area contributed by atoms with Gasteiger partial charge in [-0.1, -0.05) is 36.8 Å². The van der Waals surface area contributed by atoms with E-state index in [1.807, 2.05) is 24.3 Å². The second-order valence-corrected chi connectivity index (χ2v) is 5.30. The molecule has 104 valence electrons. The van der Waals surface area contributed by atoms with Crippen molar-refractivity contribution >= 4 is 0 Å². The minimum atomic E-state index is -0.708. The summed E-state index contributed by atoms with van der Waals surface area (Å²) in [5.74, 6) is 1.24. The van der Waals surface area contributed by atoms with Gasteiger partial charge in [0.2, 0.25) is 5.88 Å². The van der Waals surface area contributed by atoms with E-state index in [9.17, 15) is 5.11 Å². The fourth-order valence-electron chi connectivity index (χ4n) is 2.56. The molecule has 20 heavy (non-hydrogen) atoms. The van der Waals surface area contributed by atoms with Crippen molar-refractivity contribution in [1.29, 1.82) is 0 Å². The van der Waals surface area contributed by atoms with Crippen LogP contribution in [-0.2, 0) is 0 Å². The smallest absolute Gasteiger partial charge is 0.213 e. The van der Waals surface area contributed by atoms with Crippen LogP contribution in [0.25, 0.3) is 0 Å². The normalized spacial score (nSPS) is 16.5. The summed E-state index contributed by atoms with van der Waals surface area (Å²) >= 11 is 0. The number of aliphatic hydroxyl groups excluding tert-OH is 1. The van der Waals surface area contributed by atoms with E-state index >= 15 is 0 Å². The van der Waals surface area contributed by atoms with Crippen molar-refractivity contribution in [2.75, 3.05) is 7.11 Å². The summed E-state index contributed by atoms with van der Waals surface area (Å²) < 4.78 is 5.09. The van der Waals surface area contributed by atoms with Crippen LogP contribution in [0.2, 0.25) is 0 Å². The van der Waals surface area contributed by atoms with Gasteiger partial charge in [-0.25, -0.2) is 4.98 Å². The first-order valence-corrected chi connectivity index (χ1v) is 7.07. The number of methoxy groups -OCH3 is 1. The minimum absolute atomic E-state index is 0.521. The van der Waals surface area contributed by atoms with Crippen LogP contribution in [0.3, 0.4) is 0 Å². The van der Waals surface area contributed by atoms with Crippen LogP contribution in [0.1, 0.15) is 48.1 Å². The maximum Gasteiger partial charge on any atom is 0.213 e. The Kier molecular flexibility index (Phi) is 3.70. The van der Waals surface area contributed by atoms with E-state index in [0.717, 1.165) is 11.5 Å². The standard InChI is InChI=1S/C17H19NO2/c1-20-16-7-3-6-15(18-16)17(19)14-10-8-13(9-11-14)12-4-2-5-12/h3,6-12,17,19H,2,4-5H2,1H3. The molecule has 1 aromatic carbocycles. The number of rotatable bonds is 4. The lowest BCUT2D eigenvalue weighted by Gasteiger charge is -2.26. The third-order valence-electron chi connectivity index (χ3n) is 4.06. The Hall–Kier alpha value is -1.87. The zero-order valence-corrected chi connectivity index (χ0v) is 11.6. The van der Waals surface area contributed by atoms with Gasteiger partial charge in [-0.15, -0.1) is 0 Å². The van der Waals surface area contributed by atoms with Crippen LogP contribution >= 0.6 is 0 Å². The quantitative estimate of drug-likeness (QED) is 0.924.